The monoisotopic (exact) mass is 194 g/mol. The van der Waals surface area contributed by atoms with Crippen LogP contribution in [0.1, 0.15) is 10.4 Å². The lowest BCUT2D eigenvalue weighted by molar-refractivity contribution is -0.142. The molecule has 1 N–H and O–H groups in total. The number of halogens is 3. The zero-order valence-corrected chi connectivity index (χ0v) is 6.25. The molecule has 1 aromatic rings. The Morgan fingerprint density at radius 2 is 2.23 bits per heavy atom. The summed E-state index contributed by atoms with van der Waals surface area (Å²) in [5.74, 6) is -1.30. The summed E-state index contributed by atoms with van der Waals surface area (Å²) >= 11 is 0. The molecular weight excluding hydrogens is 189 g/mol. The Kier molecular flexibility index (Phi) is 2.26. The van der Waals surface area contributed by atoms with Crippen molar-refractivity contribution >= 4 is 5.97 Å². The van der Waals surface area contributed by atoms with E-state index in [1.807, 2.05) is 0 Å². The van der Waals surface area contributed by atoms with Gasteiger partial charge in [0.1, 0.15) is 6.54 Å². The highest BCUT2D eigenvalue weighted by Crippen LogP contribution is 2.16. The van der Waals surface area contributed by atoms with Gasteiger partial charge in [-0.25, -0.2) is 4.79 Å². The fraction of sp³-hybridized carbons (Fsp3) is 0.333. The van der Waals surface area contributed by atoms with Crippen molar-refractivity contribution in [1.29, 1.82) is 0 Å². The van der Waals surface area contributed by atoms with Crippen molar-refractivity contribution < 1.29 is 23.1 Å². The third-order valence-electron chi connectivity index (χ3n) is 1.22. The Hall–Kier alpha value is -1.53. The summed E-state index contributed by atoms with van der Waals surface area (Å²) in [5.41, 5.74) is -0.260. The SMILES string of the molecule is O=C(O)c1cnn(CC(F)(F)F)c1. The van der Waals surface area contributed by atoms with E-state index in [-0.39, 0.29) is 5.56 Å². The van der Waals surface area contributed by atoms with Gasteiger partial charge in [0.15, 0.2) is 0 Å². The van der Waals surface area contributed by atoms with E-state index < -0.39 is 18.7 Å². The maximum absolute atomic E-state index is 11.7. The molecule has 0 aliphatic heterocycles. The summed E-state index contributed by atoms with van der Waals surface area (Å²) < 4.78 is 35.8. The number of aromatic carboxylic acids is 1. The Bertz CT molecular complexity index is 318. The molecule has 0 saturated heterocycles. The second-order valence-electron chi connectivity index (χ2n) is 2.35. The maximum Gasteiger partial charge on any atom is 0.408 e. The average Bonchev–Trinajstić information content (AvgIpc) is 2.31. The van der Waals surface area contributed by atoms with E-state index >= 15 is 0 Å². The molecule has 0 amide bonds. The molecule has 0 saturated carbocycles. The van der Waals surface area contributed by atoms with E-state index in [1.54, 1.807) is 0 Å². The van der Waals surface area contributed by atoms with Crippen molar-refractivity contribution in [3.05, 3.63) is 18.0 Å². The minimum atomic E-state index is -4.39. The van der Waals surface area contributed by atoms with Crippen LogP contribution in [-0.2, 0) is 6.54 Å². The van der Waals surface area contributed by atoms with Gasteiger partial charge in [-0.2, -0.15) is 18.3 Å². The molecular formula is C6H5F3N2O2. The van der Waals surface area contributed by atoms with Crippen LogP contribution >= 0.6 is 0 Å². The largest absolute Gasteiger partial charge is 0.478 e. The van der Waals surface area contributed by atoms with E-state index in [0.717, 1.165) is 12.4 Å². The lowest BCUT2D eigenvalue weighted by Crippen LogP contribution is -2.17. The van der Waals surface area contributed by atoms with Gasteiger partial charge in [0.25, 0.3) is 0 Å². The second-order valence-corrected chi connectivity index (χ2v) is 2.35. The number of carbonyl (C=O) groups is 1. The van der Waals surface area contributed by atoms with Gasteiger partial charge in [0.2, 0.25) is 0 Å². The Balaban J connectivity index is 2.75. The topological polar surface area (TPSA) is 55.1 Å². The number of carboxylic acid groups (broad SMARTS) is 1. The van der Waals surface area contributed by atoms with Crippen LogP contribution in [0.4, 0.5) is 13.2 Å². The van der Waals surface area contributed by atoms with Gasteiger partial charge in [0.05, 0.1) is 11.8 Å². The Morgan fingerprint density at radius 1 is 1.62 bits per heavy atom. The molecule has 0 fully saturated rings. The molecule has 1 heterocycles. The standard InChI is InChI=1S/C6H5F3N2O2/c7-6(8,9)3-11-2-4(1-10-11)5(12)13/h1-2H,3H2,(H,12,13). The number of aromatic nitrogens is 2. The van der Waals surface area contributed by atoms with Crippen LogP contribution in [0.3, 0.4) is 0 Å². The fourth-order valence-electron chi connectivity index (χ4n) is 0.744. The molecule has 0 unspecified atom stereocenters. The molecule has 0 radical (unpaired) electrons. The third kappa shape index (κ3) is 2.77. The molecule has 0 aromatic carbocycles. The van der Waals surface area contributed by atoms with Crippen LogP contribution in [0.5, 0.6) is 0 Å². The van der Waals surface area contributed by atoms with Gasteiger partial charge < -0.3 is 5.11 Å². The van der Waals surface area contributed by atoms with Gasteiger partial charge in [-0.15, -0.1) is 0 Å². The molecule has 1 aromatic heterocycles. The van der Waals surface area contributed by atoms with Crippen LogP contribution in [0.25, 0.3) is 0 Å². The van der Waals surface area contributed by atoms with Gasteiger partial charge in [0, 0.05) is 6.20 Å². The first-order valence-corrected chi connectivity index (χ1v) is 3.21. The van der Waals surface area contributed by atoms with Crippen molar-refractivity contribution in [2.24, 2.45) is 0 Å². The molecule has 1 rings (SSSR count). The van der Waals surface area contributed by atoms with E-state index in [0.29, 0.717) is 4.68 Å². The maximum atomic E-state index is 11.7. The lowest BCUT2D eigenvalue weighted by Gasteiger charge is -2.04. The molecule has 0 aliphatic rings. The van der Waals surface area contributed by atoms with Crippen LogP contribution in [-0.4, -0.2) is 27.0 Å². The summed E-state index contributed by atoms with van der Waals surface area (Å²) in [7, 11) is 0. The van der Waals surface area contributed by atoms with Gasteiger partial charge in [-0.1, -0.05) is 0 Å². The van der Waals surface area contributed by atoms with Gasteiger partial charge in [-0.05, 0) is 0 Å². The van der Waals surface area contributed by atoms with E-state index in [4.69, 9.17) is 5.11 Å². The lowest BCUT2D eigenvalue weighted by atomic mass is 10.4. The smallest absolute Gasteiger partial charge is 0.408 e. The Labute approximate surface area is 70.6 Å². The highest BCUT2D eigenvalue weighted by molar-refractivity contribution is 5.86. The summed E-state index contributed by atoms with van der Waals surface area (Å²) in [6.45, 7) is -1.28. The summed E-state index contributed by atoms with van der Waals surface area (Å²) in [4.78, 5) is 10.2. The highest BCUT2D eigenvalue weighted by atomic mass is 19.4. The van der Waals surface area contributed by atoms with E-state index in [1.165, 1.54) is 0 Å². The van der Waals surface area contributed by atoms with Crippen LogP contribution in [0.15, 0.2) is 12.4 Å². The van der Waals surface area contributed by atoms with Gasteiger partial charge >= 0.3 is 12.1 Å². The average molecular weight is 194 g/mol. The molecule has 7 heteroatoms. The highest BCUT2D eigenvalue weighted by Gasteiger charge is 2.28. The van der Waals surface area contributed by atoms with E-state index in [9.17, 15) is 18.0 Å². The van der Waals surface area contributed by atoms with Crippen LogP contribution < -0.4 is 0 Å². The molecule has 0 bridgehead atoms. The zero-order chi connectivity index (χ0) is 10.1. The molecule has 13 heavy (non-hydrogen) atoms. The van der Waals surface area contributed by atoms with Crippen molar-refractivity contribution in [3.8, 4) is 0 Å². The van der Waals surface area contributed by atoms with Crippen molar-refractivity contribution in [1.82, 2.24) is 9.78 Å². The number of hydrogen-bond donors (Lipinski definition) is 1. The Morgan fingerprint density at radius 3 is 2.62 bits per heavy atom. The second kappa shape index (κ2) is 3.08. The quantitative estimate of drug-likeness (QED) is 0.768. The first-order valence-electron chi connectivity index (χ1n) is 3.21. The van der Waals surface area contributed by atoms with Crippen molar-refractivity contribution in [3.63, 3.8) is 0 Å². The normalized spacial score (nSPS) is 11.6. The molecule has 4 nitrogen and oxygen atoms in total. The zero-order valence-electron chi connectivity index (χ0n) is 6.25. The first kappa shape index (κ1) is 9.56. The molecule has 0 aliphatic carbocycles. The van der Waals surface area contributed by atoms with E-state index in [2.05, 4.69) is 5.10 Å². The predicted molar refractivity (Wildman–Crippen MR) is 35.2 cm³/mol. The summed E-state index contributed by atoms with van der Waals surface area (Å²) in [6, 6.07) is 0. The summed E-state index contributed by atoms with van der Waals surface area (Å²) in [5, 5.41) is 11.6. The van der Waals surface area contributed by atoms with Crippen molar-refractivity contribution in [2.45, 2.75) is 12.7 Å². The predicted octanol–water partition coefficient (Wildman–Crippen LogP) is 1.14. The van der Waals surface area contributed by atoms with Crippen LogP contribution in [0.2, 0.25) is 0 Å². The fourth-order valence-corrected chi connectivity index (χ4v) is 0.744. The molecule has 0 atom stereocenters. The molecule has 72 valence electrons. The van der Waals surface area contributed by atoms with Crippen LogP contribution in [0, 0.1) is 0 Å². The number of nitrogens with zero attached hydrogens (tertiary/aromatic N) is 2. The van der Waals surface area contributed by atoms with Crippen molar-refractivity contribution in [2.75, 3.05) is 0 Å². The number of alkyl halides is 3. The number of rotatable bonds is 2. The minimum Gasteiger partial charge on any atom is -0.478 e. The minimum absolute atomic E-state index is 0.260. The third-order valence-corrected chi connectivity index (χ3v) is 1.22. The molecule has 0 spiro atoms. The first-order chi connectivity index (χ1) is 5.88. The van der Waals surface area contributed by atoms with Gasteiger partial charge in [-0.3, -0.25) is 4.68 Å². The number of carboxylic acids is 1. The summed E-state index contributed by atoms with van der Waals surface area (Å²) in [6.07, 6.45) is -2.69. The number of hydrogen-bond acceptors (Lipinski definition) is 2.